The van der Waals surface area contributed by atoms with Gasteiger partial charge in [0.2, 0.25) is 5.91 Å². The van der Waals surface area contributed by atoms with E-state index in [0.29, 0.717) is 16.2 Å². The molecule has 3 aromatic rings. The first-order valence-electron chi connectivity index (χ1n) is 7.25. The molecule has 0 saturated carbocycles. The molecule has 0 saturated heterocycles. The Hall–Kier alpha value is -2.81. The number of halogens is 1. The van der Waals surface area contributed by atoms with Crippen LogP contribution in [0, 0.1) is 0 Å². The van der Waals surface area contributed by atoms with Crippen LogP contribution in [0.5, 0.6) is 0 Å². The summed E-state index contributed by atoms with van der Waals surface area (Å²) in [5, 5.41) is 2.96. The van der Waals surface area contributed by atoms with E-state index in [1.54, 1.807) is 12.1 Å². The molecule has 0 fully saturated rings. The van der Waals surface area contributed by atoms with Crippen molar-refractivity contribution in [1.82, 2.24) is 18.7 Å². The lowest BCUT2D eigenvalue weighted by Crippen LogP contribution is -2.37. The molecule has 0 unspecified atom stereocenters. The predicted molar refractivity (Wildman–Crippen MR) is 95.7 cm³/mol. The number of aryl methyl sites for hydroxylation is 1. The minimum atomic E-state index is -0.520. The fourth-order valence-corrected chi connectivity index (χ4v) is 2.73. The molecular weight excluding hydrogens is 344 g/mol. The molecule has 1 N–H and O–H groups in total. The molecule has 0 bridgehead atoms. The number of carbonyl (C=O) groups excluding carboxylic acids is 1. The van der Waals surface area contributed by atoms with Crippen molar-refractivity contribution < 1.29 is 4.79 Å². The summed E-state index contributed by atoms with van der Waals surface area (Å²) in [5.74, 6) is -0.401. The molecule has 0 aliphatic heterocycles. The number of aromatic nitrogens is 4. The highest BCUT2D eigenvalue weighted by molar-refractivity contribution is 6.38. The van der Waals surface area contributed by atoms with Crippen LogP contribution >= 0.6 is 11.6 Å². The quantitative estimate of drug-likeness (QED) is 0.641. The second-order valence-electron chi connectivity index (χ2n) is 5.54. The van der Waals surface area contributed by atoms with Crippen molar-refractivity contribution in [1.29, 1.82) is 0 Å². The molecule has 0 aliphatic rings. The van der Waals surface area contributed by atoms with Crippen molar-refractivity contribution in [2.75, 3.05) is 5.32 Å². The molecule has 0 spiro atoms. The number of imidazole rings is 1. The molecule has 126 valence electrons. The molecule has 3 rings (SSSR count). The van der Waals surface area contributed by atoms with E-state index < -0.39 is 17.2 Å². The normalized spacial score (nSPS) is 11.0. The number of hydrogen-bond acceptors (Lipinski definition) is 4. The predicted octanol–water partition coefficient (Wildman–Crippen LogP) is -0.480. The van der Waals surface area contributed by atoms with Crippen LogP contribution in [0.3, 0.4) is 0 Å². The Morgan fingerprint density at radius 3 is 2.68 bits per heavy atom. The molecule has 0 atom stereocenters. The Balaban J connectivity index is 1.94. The van der Waals surface area contributed by atoms with E-state index in [1.807, 2.05) is 0 Å². The van der Waals surface area contributed by atoms with Gasteiger partial charge in [0, 0.05) is 14.1 Å². The number of hydrogen-bond donors (Lipinski definition) is 1. The first-order chi connectivity index (χ1) is 11.8. The maximum Gasteiger partial charge on any atom is 0.332 e. The van der Waals surface area contributed by atoms with Crippen molar-refractivity contribution in [3.05, 3.63) is 50.4 Å². The summed E-state index contributed by atoms with van der Waals surface area (Å²) in [6.07, 6.45) is 1.34. The summed E-state index contributed by atoms with van der Waals surface area (Å²) < 4.78 is 3.61. The van der Waals surface area contributed by atoms with Crippen molar-refractivity contribution >= 4 is 47.7 Å². The highest BCUT2D eigenvalue weighted by atomic mass is 35.5. The summed E-state index contributed by atoms with van der Waals surface area (Å²) in [7, 11) is 8.49. The Morgan fingerprint density at radius 2 is 2.00 bits per heavy atom. The van der Waals surface area contributed by atoms with E-state index in [4.69, 9.17) is 19.4 Å². The van der Waals surface area contributed by atoms with Gasteiger partial charge in [0.1, 0.15) is 14.4 Å². The van der Waals surface area contributed by atoms with Crippen molar-refractivity contribution in [2.24, 2.45) is 14.1 Å². The van der Waals surface area contributed by atoms with E-state index in [0.717, 1.165) is 4.57 Å². The topological polar surface area (TPSA) is 90.9 Å². The highest BCUT2D eigenvalue weighted by Crippen LogP contribution is 2.19. The minimum absolute atomic E-state index is 0.162. The van der Waals surface area contributed by atoms with Crippen LogP contribution in [0.1, 0.15) is 0 Å². The van der Waals surface area contributed by atoms with Crippen molar-refractivity contribution in [2.45, 2.75) is 6.54 Å². The number of rotatable bonds is 3. The van der Waals surface area contributed by atoms with Gasteiger partial charge in [-0.1, -0.05) is 23.1 Å². The smallest absolute Gasteiger partial charge is 0.323 e. The number of nitrogens with one attached hydrogen (secondary N) is 1. The summed E-state index contributed by atoms with van der Waals surface area (Å²) in [5.41, 5.74) is 0.267. The molecule has 1 aromatic carbocycles. The van der Waals surface area contributed by atoms with Crippen LogP contribution in [0.25, 0.3) is 11.2 Å². The van der Waals surface area contributed by atoms with E-state index in [1.165, 1.54) is 35.6 Å². The van der Waals surface area contributed by atoms with E-state index in [9.17, 15) is 14.4 Å². The van der Waals surface area contributed by atoms with Gasteiger partial charge in [-0.15, -0.1) is 0 Å². The Bertz CT molecular complexity index is 1110. The minimum Gasteiger partial charge on any atom is -0.323 e. The zero-order chi connectivity index (χ0) is 18.3. The van der Waals surface area contributed by atoms with Crippen LogP contribution in [-0.2, 0) is 25.4 Å². The molecule has 1 amide bonds. The van der Waals surface area contributed by atoms with Crippen LogP contribution in [0.2, 0.25) is 5.02 Å². The van der Waals surface area contributed by atoms with Gasteiger partial charge < -0.3 is 9.88 Å². The number of anilines is 1. The summed E-state index contributed by atoms with van der Waals surface area (Å²) in [6.45, 7) is -0.162. The van der Waals surface area contributed by atoms with Crippen LogP contribution in [0.15, 0.2) is 34.1 Å². The Morgan fingerprint density at radius 1 is 1.28 bits per heavy atom. The van der Waals surface area contributed by atoms with Gasteiger partial charge >= 0.3 is 5.69 Å². The third-order valence-electron chi connectivity index (χ3n) is 3.80. The van der Waals surface area contributed by atoms with Gasteiger partial charge in [-0.3, -0.25) is 18.7 Å². The number of carbonyl (C=O) groups is 1. The molecular formula is C15H13BClN5O3. The summed E-state index contributed by atoms with van der Waals surface area (Å²) in [4.78, 5) is 40.6. The molecule has 8 nitrogen and oxygen atoms in total. The van der Waals surface area contributed by atoms with Crippen molar-refractivity contribution in [3.63, 3.8) is 0 Å². The van der Waals surface area contributed by atoms with Gasteiger partial charge in [-0.2, -0.15) is 0 Å². The third-order valence-corrected chi connectivity index (χ3v) is 4.11. The molecule has 2 heterocycles. The number of amides is 1. The lowest BCUT2D eigenvalue weighted by atomic mass is 9.96. The molecule has 2 aromatic heterocycles. The maximum absolute atomic E-state index is 12.3. The van der Waals surface area contributed by atoms with Crippen LogP contribution < -0.4 is 22.0 Å². The van der Waals surface area contributed by atoms with Crippen LogP contribution in [0.4, 0.5) is 5.69 Å². The zero-order valence-corrected chi connectivity index (χ0v) is 14.2. The van der Waals surface area contributed by atoms with E-state index in [2.05, 4.69) is 10.3 Å². The Labute approximate surface area is 148 Å². The standard InChI is InChI=1S/C15H13BClN5O3/c1-20-13-12(14(24)21(2)15(20)25)22(7-18-13)6-11(23)19-10-4-3-8(16)5-9(10)17/h3-5,7H,6H2,1-2H3,(H,19,23). The van der Waals surface area contributed by atoms with Crippen LogP contribution in [-0.4, -0.2) is 32.4 Å². The number of fused-ring (bicyclic) bond motifs is 1. The number of benzene rings is 1. The second-order valence-corrected chi connectivity index (χ2v) is 5.95. The largest absolute Gasteiger partial charge is 0.332 e. The fraction of sp³-hybridized carbons (Fsp3) is 0.200. The van der Waals surface area contributed by atoms with Gasteiger partial charge in [0.25, 0.3) is 5.56 Å². The first-order valence-corrected chi connectivity index (χ1v) is 7.63. The average Bonchev–Trinajstić information content (AvgIpc) is 2.97. The molecule has 0 aliphatic carbocycles. The highest BCUT2D eigenvalue weighted by Gasteiger charge is 2.16. The van der Waals surface area contributed by atoms with Crippen molar-refractivity contribution in [3.8, 4) is 0 Å². The SMILES string of the molecule is [B]c1ccc(NC(=O)Cn2cnc3c2c(=O)n(C)c(=O)n3C)c(Cl)c1. The lowest BCUT2D eigenvalue weighted by Gasteiger charge is -2.09. The van der Waals surface area contributed by atoms with Gasteiger partial charge in [0.05, 0.1) is 17.0 Å². The lowest BCUT2D eigenvalue weighted by molar-refractivity contribution is -0.116. The van der Waals surface area contributed by atoms with Gasteiger partial charge in [-0.05, 0) is 12.1 Å². The number of nitrogens with zero attached hydrogens (tertiary/aromatic N) is 4. The molecule has 2 radical (unpaired) electrons. The monoisotopic (exact) mass is 357 g/mol. The first kappa shape index (κ1) is 17.0. The summed E-state index contributed by atoms with van der Waals surface area (Å²) >= 11 is 6.03. The van der Waals surface area contributed by atoms with Gasteiger partial charge in [0.15, 0.2) is 11.2 Å². The molecule has 10 heteroatoms. The Kier molecular flexibility index (Phi) is 4.26. The zero-order valence-electron chi connectivity index (χ0n) is 13.5. The third kappa shape index (κ3) is 2.98. The maximum atomic E-state index is 12.3. The second kappa shape index (κ2) is 6.25. The van der Waals surface area contributed by atoms with Gasteiger partial charge in [-0.25, -0.2) is 9.78 Å². The summed E-state index contributed by atoms with van der Waals surface area (Å²) in [6, 6.07) is 4.72. The average molecular weight is 358 g/mol. The fourth-order valence-electron chi connectivity index (χ4n) is 2.49. The van der Waals surface area contributed by atoms with E-state index in [-0.39, 0.29) is 17.7 Å². The van der Waals surface area contributed by atoms with E-state index >= 15 is 0 Å². The molecule has 25 heavy (non-hydrogen) atoms.